The third-order valence-electron chi connectivity index (χ3n) is 7.36. The molecule has 11 heteroatoms. The Hall–Kier alpha value is -0.980. The van der Waals surface area contributed by atoms with Crippen LogP contribution in [0.1, 0.15) is 31.2 Å². The Bertz CT molecular complexity index is 882. The highest BCUT2D eigenvalue weighted by Gasteiger charge is 2.49. The van der Waals surface area contributed by atoms with Gasteiger partial charge >= 0.3 is 0 Å². The van der Waals surface area contributed by atoms with Crippen LogP contribution in [0.4, 0.5) is 4.39 Å². The molecule has 0 radical (unpaired) electrons. The number of ether oxygens (including phenoxy) is 2. The third kappa shape index (κ3) is 5.80. The number of thioether (sulfide) groups is 1. The molecule has 3 aliphatic rings. The lowest BCUT2D eigenvalue weighted by Crippen LogP contribution is -2.65. The van der Waals surface area contributed by atoms with Gasteiger partial charge in [0.25, 0.3) is 0 Å². The second-order valence-electron chi connectivity index (χ2n) is 9.65. The molecule has 3 aliphatic heterocycles. The molecule has 8 nitrogen and oxygen atoms in total. The first-order valence-electron chi connectivity index (χ1n) is 12.0. The van der Waals surface area contributed by atoms with E-state index in [9.17, 15) is 24.5 Å². The molecule has 1 aromatic carbocycles. The summed E-state index contributed by atoms with van der Waals surface area (Å²) in [5.74, 6) is -0.387. The smallest absolute Gasteiger partial charge is 0.240 e. The molecule has 2 unspecified atom stereocenters. The lowest BCUT2D eigenvalue weighted by Gasteiger charge is -2.44. The number of rotatable bonds is 6. The molecular formula is C24H34ClFN2O6S. The van der Waals surface area contributed by atoms with Gasteiger partial charge in [0, 0.05) is 19.1 Å². The summed E-state index contributed by atoms with van der Waals surface area (Å²) in [6, 6.07) is 5.19. The molecule has 4 rings (SSSR count). The van der Waals surface area contributed by atoms with Crippen molar-refractivity contribution in [2.75, 3.05) is 19.4 Å². The molecule has 196 valence electrons. The fraction of sp³-hybridized carbons (Fsp3) is 0.708. The van der Waals surface area contributed by atoms with Crippen LogP contribution in [0.25, 0.3) is 0 Å². The highest BCUT2D eigenvalue weighted by atomic mass is 35.5. The zero-order chi connectivity index (χ0) is 25.3. The minimum atomic E-state index is -1.43. The number of halogens is 2. The Kier molecular flexibility index (Phi) is 8.97. The van der Waals surface area contributed by atoms with E-state index in [0.29, 0.717) is 13.2 Å². The van der Waals surface area contributed by atoms with E-state index >= 15 is 0 Å². The van der Waals surface area contributed by atoms with Crippen LogP contribution in [0, 0.1) is 11.7 Å². The molecule has 0 saturated carbocycles. The molecule has 11 atom stereocenters. The van der Waals surface area contributed by atoms with E-state index in [2.05, 4.69) is 10.6 Å². The van der Waals surface area contributed by atoms with Gasteiger partial charge in [-0.15, -0.1) is 23.4 Å². The molecule has 3 fully saturated rings. The van der Waals surface area contributed by atoms with Crippen molar-refractivity contribution in [3.63, 3.8) is 0 Å². The van der Waals surface area contributed by atoms with Crippen LogP contribution >= 0.6 is 23.4 Å². The maximum Gasteiger partial charge on any atom is 0.240 e. The minimum absolute atomic E-state index is 0.0720. The number of carbonyl (C=O) groups excluding carboxylic acids is 1. The van der Waals surface area contributed by atoms with Crippen molar-refractivity contribution in [2.24, 2.45) is 5.92 Å². The lowest BCUT2D eigenvalue weighted by molar-refractivity contribution is -0.205. The van der Waals surface area contributed by atoms with Gasteiger partial charge in [-0.3, -0.25) is 4.79 Å². The number of nitrogens with one attached hydrogen (secondary N) is 2. The molecule has 0 aliphatic carbocycles. The summed E-state index contributed by atoms with van der Waals surface area (Å²) in [5, 5.41) is 36.6. The summed E-state index contributed by atoms with van der Waals surface area (Å²) in [7, 11) is 0. The molecule has 1 aromatic rings. The monoisotopic (exact) mass is 532 g/mol. The fourth-order valence-electron chi connectivity index (χ4n) is 5.45. The number of hydrogen-bond donors (Lipinski definition) is 5. The number of aliphatic hydroxyl groups excluding tert-OH is 3. The topological polar surface area (TPSA) is 120 Å². The van der Waals surface area contributed by atoms with Gasteiger partial charge in [-0.2, -0.15) is 0 Å². The molecule has 3 heterocycles. The molecule has 35 heavy (non-hydrogen) atoms. The van der Waals surface area contributed by atoms with Crippen molar-refractivity contribution in [2.45, 2.75) is 79.1 Å². The lowest BCUT2D eigenvalue weighted by atomic mass is 9.85. The van der Waals surface area contributed by atoms with Gasteiger partial charge in [-0.05, 0) is 49.6 Å². The predicted octanol–water partition coefficient (Wildman–Crippen LogP) is 0.959. The third-order valence-corrected chi connectivity index (χ3v) is 8.48. The van der Waals surface area contributed by atoms with Gasteiger partial charge in [0.05, 0.1) is 17.5 Å². The summed E-state index contributed by atoms with van der Waals surface area (Å²) in [6.07, 6.45) is -2.26. The van der Waals surface area contributed by atoms with E-state index in [-0.39, 0.29) is 29.7 Å². The van der Waals surface area contributed by atoms with Crippen LogP contribution in [0.5, 0.6) is 0 Å². The van der Waals surface area contributed by atoms with E-state index in [1.165, 1.54) is 17.8 Å². The molecule has 3 saturated heterocycles. The van der Waals surface area contributed by atoms with Gasteiger partial charge in [0.1, 0.15) is 41.7 Å². The Labute approximate surface area is 213 Å². The highest BCUT2D eigenvalue weighted by molar-refractivity contribution is 7.99. The normalized spacial score (nSPS) is 39.3. The Morgan fingerprint density at radius 2 is 2.06 bits per heavy atom. The molecule has 1 amide bonds. The van der Waals surface area contributed by atoms with Gasteiger partial charge in [0.15, 0.2) is 0 Å². The first kappa shape index (κ1) is 27.1. The van der Waals surface area contributed by atoms with Crippen molar-refractivity contribution in [1.29, 1.82) is 0 Å². The van der Waals surface area contributed by atoms with Crippen molar-refractivity contribution in [3.05, 3.63) is 35.6 Å². The summed E-state index contributed by atoms with van der Waals surface area (Å²) >= 11 is 7.59. The molecule has 5 N–H and O–H groups in total. The van der Waals surface area contributed by atoms with Gasteiger partial charge < -0.3 is 35.4 Å². The second kappa shape index (κ2) is 11.6. The maximum absolute atomic E-state index is 13.8. The number of amides is 1. The van der Waals surface area contributed by atoms with Crippen molar-refractivity contribution in [1.82, 2.24) is 10.6 Å². The van der Waals surface area contributed by atoms with Crippen LogP contribution in [0.3, 0.4) is 0 Å². The molecule has 0 spiro atoms. The number of aliphatic hydroxyl groups is 3. The summed E-state index contributed by atoms with van der Waals surface area (Å²) < 4.78 is 25.7. The Morgan fingerprint density at radius 3 is 2.74 bits per heavy atom. The Morgan fingerprint density at radius 1 is 1.29 bits per heavy atom. The SMILES string of the molecule is CSC1O[C@H]([C@H](NC(=O)[C@H]2NC[C@@H]3C[C@@H](c4cccc(F)c4)CCO[C@H]32)[C@H](C)Cl)C(O)[C@@H](O)[C@H]1O. The highest BCUT2D eigenvalue weighted by Crippen LogP contribution is 2.36. The van der Waals surface area contributed by atoms with Crippen LogP contribution in [0.15, 0.2) is 24.3 Å². The standard InChI is InChI=1S/C24H34ClFN2O6S/c1-11(25)16(22-19(30)18(29)20(31)24(34-22)35-2)28-23(32)17-21-14(10-27-17)8-13(6-7-33-21)12-4-3-5-15(26)9-12/h3-5,9,11,13-14,16-22,24,27,29-31H,6-8,10H2,1-2H3,(H,28,32)/t11-,13-,14-,16+,17-,18+,19?,20+,21+,22+,24?/m0/s1. The van der Waals surface area contributed by atoms with E-state index in [1.54, 1.807) is 25.3 Å². The van der Waals surface area contributed by atoms with Gasteiger partial charge in [-0.1, -0.05) is 12.1 Å². The number of alkyl halides is 1. The Balaban J connectivity index is 1.44. The van der Waals surface area contributed by atoms with Crippen LogP contribution in [0.2, 0.25) is 0 Å². The average Bonchev–Trinajstić information content (AvgIpc) is 3.11. The van der Waals surface area contributed by atoms with Crippen LogP contribution in [-0.4, -0.2) is 94.1 Å². The quantitative estimate of drug-likeness (QED) is 0.344. The zero-order valence-corrected chi connectivity index (χ0v) is 21.3. The van der Waals surface area contributed by atoms with E-state index in [0.717, 1.165) is 18.4 Å². The molecule has 0 aromatic heterocycles. The number of hydrogen-bond acceptors (Lipinski definition) is 8. The number of carbonyl (C=O) groups is 1. The first-order chi connectivity index (χ1) is 16.7. The van der Waals surface area contributed by atoms with Crippen molar-refractivity contribution < 1.29 is 34.0 Å². The molecule has 0 bridgehead atoms. The van der Waals surface area contributed by atoms with E-state index in [1.807, 2.05) is 6.07 Å². The predicted molar refractivity (Wildman–Crippen MR) is 131 cm³/mol. The van der Waals surface area contributed by atoms with E-state index in [4.69, 9.17) is 21.1 Å². The minimum Gasteiger partial charge on any atom is -0.388 e. The van der Waals surface area contributed by atoms with Gasteiger partial charge in [-0.25, -0.2) is 4.39 Å². The summed E-state index contributed by atoms with van der Waals surface area (Å²) in [6.45, 7) is 2.70. The van der Waals surface area contributed by atoms with Crippen LogP contribution < -0.4 is 10.6 Å². The summed E-state index contributed by atoms with van der Waals surface area (Å²) in [4.78, 5) is 13.4. The average molecular weight is 533 g/mol. The van der Waals surface area contributed by atoms with Crippen molar-refractivity contribution in [3.8, 4) is 0 Å². The molecular weight excluding hydrogens is 499 g/mol. The van der Waals surface area contributed by atoms with Gasteiger partial charge in [0.2, 0.25) is 5.91 Å². The van der Waals surface area contributed by atoms with E-state index < -0.39 is 47.3 Å². The maximum atomic E-state index is 13.8. The number of benzene rings is 1. The second-order valence-corrected chi connectivity index (χ2v) is 11.3. The number of fused-ring (bicyclic) bond motifs is 1. The fourth-order valence-corrected chi connectivity index (χ4v) is 6.33. The first-order valence-corrected chi connectivity index (χ1v) is 13.7. The van der Waals surface area contributed by atoms with Crippen LogP contribution in [-0.2, 0) is 14.3 Å². The summed E-state index contributed by atoms with van der Waals surface area (Å²) in [5.41, 5.74) is 0.165. The zero-order valence-electron chi connectivity index (χ0n) is 19.7. The largest absolute Gasteiger partial charge is 0.388 e. The van der Waals surface area contributed by atoms with Crippen molar-refractivity contribution >= 4 is 29.3 Å².